The zero-order valence-electron chi connectivity index (χ0n) is 10.6. The number of aromatic nitrogens is 2. The lowest BCUT2D eigenvalue weighted by atomic mass is 10.2. The molecule has 1 aromatic carbocycles. The van der Waals surface area contributed by atoms with E-state index in [9.17, 15) is 12.8 Å². The van der Waals surface area contributed by atoms with Gasteiger partial charge < -0.3 is 4.98 Å². The molecule has 0 saturated carbocycles. The quantitative estimate of drug-likeness (QED) is 0.762. The Hall–Kier alpha value is -1.64. The summed E-state index contributed by atoms with van der Waals surface area (Å²) in [5, 5.41) is 0.983. The molecule has 0 aliphatic heterocycles. The van der Waals surface area contributed by atoms with E-state index in [4.69, 9.17) is 11.6 Å². The molecule has 21 heavy (non-hydrogen) atoms. The van der Waals surface area contributed by atoms with Crippen molar-refractivity contribution in [3.8, 4) is 0 Å². The molecule has 110 valence electrons. The molecular formula is C12H9ClFN3O2S2. The Morgan fingerprint density at radius 1 is 1.43 bits per heavy atom. The molecule has 0 bridgehead atoms. The van der Waals surface area contributed by atoms with Crippen LogP contribution in [0.5, 0.6) is 0 Å². The number of nitrogens with one attached hydrogen (secondary N) is 2. The third-order valence-electron chi connectivity index (χ3n) is 2.85. The first-order valence-corrected chi connectivity index (χ1v) is 8.46. The van der Waals surface area contributed by atoms with Crippen molar-refractivity contribution < 1.29 is 12.8 Å². The summed E-state index contributed by atoms with van der Waals surface area (Å²) in [6.45, 7) is 1.71. The molecular weight excluding hydrogens is 337 g/mol. The van der Waals surface area contributed by atoms with Gasteiger partial charge in [0.05, 0.1) is 32.8 Å². The Bertz CT molecular complexity index is 933. The Balaban J connectivity index is 2.08. The van der Waals surface area contributed by atoms with Crippen LogP contribution in [-0.2, 0) is 10.0 Å². The van der Waals surface area contributed by atoms with Crippen molar-refractivity contribution >= 4 is 49.6 Å². The number of aryl methyl sites for hydroxylation is 1. The van der Waals surface area contributed by atoms with Crippen molar-refractivity contribution in [2.45, 2.75) is 11.1 Å². The van der Waals surface area contributed by atoms with Crippen molar-refractivity contribution in [1.82, 2.24) is 9.97 Å². The fourth-order valence-corrected chi connectivity index (χ4v) is 4.33. The number of H-pyrrole nitrogens is 1. The molecule has 2 heterocycles. The molecule has 0 saturated heterocycles. The van der Waals surface area contributed by atoms with E-state index in [0.717, 1.165) is 17.4 Å². The summed E-state index contributed by atoms with van der Waals surface area (Å²) >= 11 is 6.94. The number of aromatic amines is 1. The zero-order valence-corrected chi connectivity index (χ0v) is 13.0. The van der Waals surface area contributed by atoms with Crippen molar-refractivity contribution in [3.05, 3.63) is 40.4 Å². The molecule has 0 aliphatic rings. The maximum atomic E-state index is 13.7. The Kier molecular flexibility index (Phi) is 3.39. The van der Waals surface area contributed by atoms with E-state index in [1.165, 1.54) is 18.5 Å². The molecule has 0 fully saturated rings. The summed E-state index contributed by atoms with van der Waals surface area (Å²) in [4.78, 5) is 6.68. The second-order valence-electron chi connectivity index (χ2n) is 4.29. The number of benzene rings is 1. The van der Waals surface area contributed by atoms with Gasteiger partial charge in [-0.3, -0.25) is 4.72 Å². The van der Waals surface area contributed by atoms with E-state index in [1.54, 1.807) is 6.92 Å². The average molecular weight is 346 g/mol. The molecule has 9 heteroatoms. The average Bonchev–Trinajstić information content (AvgIpc) is 3.00. The van der Waals surface area contributed by atoms with Crippen LogP contribution in [0.4, 0.5) is 10.1 Å². The van der Waals surface area contributed by atoms with Crippen LogP contribution in [0.2, 0.25) is 5.02 Å². The predicted molar refractivity (Wildman–Crippen MR) is 80.9 cm³/mol. The highest BCUT2D eigenvalue weighted by Crippen LogP contribution is 2.32. The van der Waals surface area contributed by atoms with Crippen LogP contribution in [0, 0.1) is 12.7 Å². The number of halogens is 2. The maximum Gasteiger partial charge on any atom is 0.273 e. The molecule has 0 unspecified atom stereocenters. The van der Waals surface area contributed by atoms with Gasteiger partial charge in [-0.05, 0) is 19.1 Å². The standard InChI is InChI=1S/C12H9ClFN3O2S2/c1-6-15-5-10(20-6)21(18,19)17-9-3-2-8(14)11-7(13)4-16-12(9)11/h2-5,16-17H,1H3. The van der Waals surface area contributed by atoms with E-state index >= 15 is 0 Å². The number of thiazole rings is 1. The Morgan fingerprint density at radius 2 is 2.19 bits per heavy atom. The summed E-state index contributed by atoms with van der Waals surface area (Å²) < 4.78 is 40.8. The third-order valence-corrected chi connectivity index (χ3v) is 5.88. The Labute approximate surface area is 128 Å². The molecule has 0 radical (unpaired) electrons. The van der Waals surface area contributed by atoms with E-state index in [1.807, 2.05) is 0 Å². The van der Waals surface area contributed by atoms with Crippen LogP contribution in [0.3, 0.4) is 0 Å². The van der Waals surface area contributed by atoms with Gasteiger partial charge in [-0.25, -0.2) is 17.8 Å². The SMILES string of the molecule is Cc1ncc(S(=O)(=O)Nc2ccc(F)c3c(Cl)c[nH]c23)s1. The first-order chi connectivity index (χ1) is 9.88. The second-order valence-corrected chi connectivity index (χ2v) is 7.84. The number of hydrogen-bond acceptors (Lipinski definition) is 4. The van der Waals surface area contributed by atoms with E-state index < -0.39 is 15.8 Å². The molecule has 0 aliphatic carbocycles. The van der Waals surface area contributed by atoms with E-state index in [0.29, 0.717) is 10.5 Å². The number of nitrogens with zero attached hydrogens (tertiary/aromatic N) is 1. The molecule has 0 spiro atoms. The lowest BCUT2D eigenvalue weighted by Crippen LogP contribution is -2.12. The highest BCUT2D eigenvalue weighted by Gasteiger charge is 2.20. The summed E-state index contributed by atoms with van der Waals surface area (Å²) in [7, 11) is -3.77. The first-order valence-electron chi connectivity index (χ1n) is 5.79. The van der Waals surface area contributed by atoms with Crippen LogP contribution in [0.15, 0.2) is 28.7 Å². The molecule has 2 N–H and O–H groups in total. The highest BCUT2D eigenvalue weighted by atomic mass is 35.5. The predicted octanol–water partition coefficient (Wildman–Crippen LogP) is 3.53. The van der Waals surface area contributed by atoms with Gasteiger partial charge in [-0.15, -0.1) is 11.3 Å². The van der Waals surface area contributed by atoms with Crippen molar-refractivity contribution in [2.75, 3.05) is 4.72 Å². The lowest BCUT2D eigenvalue weighted by molar-refractivity contribution is 0.603. The summed E-state index contributed by atoms with van der Waals surface area (Å²) in [6, 6.07) is 2.51. The first kappa shape index (κ1) is 14.3. The van der Waals surface area contributed by atoms with Gasteiger partial charge in [0.15, 0.2) is 4.21 Å². The number of sulfonamides is 1. The summed E-state index contributed by atoms with van der Waals surface area (Å²) in [5.41, 5.74) is 0.522. The van der Waals surface area contributed by atoms with Crippen molar-refractivity contribution in [1.29, 1.82) is 0 Å². The zero-order chi connectivity index (χ0) is 15.2. The van der Waals surface area contributed by atoms with Crippen molar-refractivity contribution in [3.63, 3.8) is 0 Å². The molecule has 3 aromatic rings. The molecule has 2 aromatic heterocycles. The van der Waals surface area contributed by atoms with Crippen LogP contribution in [0.1, 0.15) is 5.01 Å². The van der Waals surface area contributed by atoms with Crippen LogP contribution < -0.4 is 4.72 Å². The lowest BCUT2D eigenvalue weighted by Gasteiger charge is -2.07. The van der Waals surface area contributed by atoms with Gasteiger partial charge in [0.25, 0.3) is 10.0 Å². The minimum atomic E-state index is -3.77. The number of fused-ring (bicyclic) bond motifs is 1. The van der Waals surface area contributed by atoms with Gasteiger partial charge in [0.2, 0.25) is 0 Å². The maximum absolute atomic E-state index is 13.7. The monoisotopic (exact) mass is 345 g/mol. The number of hydrogen-bond donors (Lipinski definition) is 2. The molecule has 3 rings (SSSR count). The van der Waals surface area contributed by atoms with Gasteiger partial charge in [0.1, 0.15) is 5.82 Å². The number of anilines is 1. The minimum absolute atomic E-state index is 0.0927. The molecule has 0 amide bonds. The largest absolute Gasteiger partial charge is 0.358 e. The fourth-order valence-electron chi connectivity index (χ4n) is 1.91. The minimum Gasteiger partial charge on any atom is -0.358 e. The van der Waals surface area contributed by atoms with Gasteiger partial charge in [-0.1, -0.05) is 11.6 Å². The summed E-state index contributed by atoms with van der Waals surface area (Å²) in [5.74, 6) is -0.521. The molecule has 0 atom stereocenters. The van der Waals surface area contributed by atoms with Crippen molar-refractivity contribution in [2.24, 2.45) is 0 Å². The smallest absolute Gasteiger partial charge is 0.273 e. The summed E-state index contributed by atoms with van der Waals surface area (Å²) in [6.07, 6.45) is 2.69. The van der Waals surface area contributed by atoms with Crippen LogP contribution in [0.25, 0.3) is 10.9 Å². The van der Waals surface area contributed by atoms with E-state index in [2.05, 4.69) is 14.7 Å². The number of rotatable bonds is 3. The highest BCUT2D eigenvalue weighted by molar-refractivity contribution is 7.94. The molecule has 5 nitrogen and oxygen atoms in total. The Morgan fingerprint density at radius 3 is 2.86 bits per heavy atom. The second kappa shape index (κ2) is 4.97. The third kappa shape index (κ3) is 2.50. The van der Waals surface area contributed by atoms with Gasteiger partial charge in [-0.2, -0.15) is 0 Å². The van der Waals surface area contributed by atoms with Crippen LogP contribution in [-0.4, -0.2) is 18.4 Å². The fraction of sp³-hybridized carbons (Fsp3) is 0.0833. The van der Waals surface area contributed by atoms with Gasteiger partial charge >= 0.3 is 0 Å². The van der Waals surface area contributed by atoms with E-state index in [-0.39, 0.29) is 20.3 Å². The van der Waals surface area contributed by atoms with Gasteiger partial charge in [0, 0.05) is 6.20 Å². The van der Waals surface area contributed by atoms with Crippen LogP contribution >= 0.6 is 22.9 Å². The normalized spacial score (nSPS) is 12.0. The topological polar surface area (TPSA) is 74.8 Å².